The Labute approximate surface area is 194 Å². The normalized spacial score (nSPS) is 14.2. The Hall–Kier alpha value is -3.35. The van der Waals surface area contributed by atoms with Crippen molar-refractivity contribution in [2.45, 2.75) is 58.0 Å². The van der Waals surface area contributed by atoms with Crippen LogP contribution >= 0.6 is 0 Å². The van der Waals surface area contributed by atoms with Gasteiger partial charge in [0.15, 0.2) is 0 Å². The predicted octanol–water partition coefficient (Wildman–Crippen LogP) is 4.31. The highest BCUT2D eigenvalue weighted by Crippen LogP contribution is 2.44. The van der Waals surface area contributed by atoms with E-state index in [4.69, 9.17) is 9.84 Å². The molecule has 1 aliphatic rings. The van der Waals surface area contributed by atoms with Gasteiger partial charge in [0, 0.05) is 18.4 Å². The van der Waals surface area contributed by atoms with Gasteiger partial charge >= 0.3 is 12.1 Å². The Morgan fingerprint density at radius 1 is 0.939 bits per heavy atom. The Morgan fingerprint density at radius 2 is 1.52 bits per heavy atom. The molecule has 2 aromatic carbocycles. The van der Waals surface area contributed by atoms with Gasteiger partial charge in [-0.05, 0) is 47.9 Å². The number of rotatable bonds is 10. The average Bonchev–Trinajstić information content (AvgIpc) is 3.09. The number of aliphatic carboxylic acids is 1. The summed E-state index contributed by atoms with van der Waals surface area (Å²) in [6, 6.07) is 15.3. The third-order valence-corrected chi connectivity index (χ3v) is 6.00. The van der Waals surface area contributed by atoms with Crippen LogP contribution in [0.25, 0.3) is 11.1 Å². The van der Waals surface area contributed by atoms with Gasteiger partial charge in [-0.25, -0.2) is 9.59 Å². The lowest BCUT2D eigenvalue weighted by molar-refractivity contribution is -0.143. The predicted molar refractivity (Wildman–Crippen MR) is 126 cm³/mol. The van der Waals surface area contributed by atoms with Gasteiger partial charge in [0.25, 0.3) is 0 Å². The first-order valence-electron chi connectivity index (χ1n) is 11.4. The number of carboxylic acid groups (broad SMARTS) is 1. The van der Waals surface area contributed by atoms with Crippen LogP contribution in [-0.4, -0.2) is 41.8 Å². The first-order valence-corrected chi connectivity index (χ1v) is 11.4. The van der Waals surface area contributed by atoms with E-state index in [0.717, 1.165) is 11.1 Å². The number of hydrogen-bond acceptors (Lipinski definition) is 4. The second-order valence-electron chi connectivity index (χ2n) is 8.89. The summed E-state index contributed by atoms with van der Waals surface area (Å²) in [5.74, 6) is -1.53. The lowest BCUT2D eigenvalue weighted by atomic mass is 9.98. The number of carbonyl (C=O) groups excluding carboxylic acids is 2. The van der Waals surface area contributed by atoms with Crippen LogP contribution < -0.4 is 10.6 Å². The number of alkyl carbamates (subject to hydrolysis) is 1. The maximum atomic E-state index is 12.3. The maximum Gasteiger partial charge on any atom is 0.407 e. The van der Waals surface area contributed by atoms with E-state index >= 15 is 0 Å². The number of benzene rings is 2. The van der Waals surface area contributed by atoms with Crippen LogP contribution in [0, 0.1) is 5.92 Å². The fraction of sp³-hybridized carbons (Fsp3) is 0.423. The molecule has 1 unspecified atom stereocenters. The Kier molecular flexibility index (Phi) is 8.09. The maximum absolute atomic E-state index is 12.3. The summed E-state index contributed by atoms with van der Waals surface area (Å²) in [6.07, 6.45) is 0.824. The summed E-state index contributed by atoms with van der Waals surface area (Å²) in [7, 11) is 0. The molecule has 0 saturated carbocycles. The van der Waals surface area contributed by atoms with E-state index < -0.39 is 18.1 Å². The molecule has 0 aromatic heterocycles. The molecular formula is C26H32N2O5. The van der Waals surface area contributed by atoms with Crippen molar-refractivity contribution >= 4 is 18.0 Å². The highest BCUT2D eigenvalue weighted by atomic mass is 16.5. The minimum Gasteiger partial charge on any atom is -0.480 e. The zero-order valence-electron chi connectivity index (χ0n) is 19.3. The number of ether oxygens (including phenoxy) is 1. The van der Waals surface area contributed by atoms with Gasteiger partial charge in [0.2, 0.25) is 5.91 Å². The first-order chi connectivity index (χ1) is 15.8. The van der Waals surface area contributed by atoms with Crippen LogP contribution in [0.5, 0.6) is 0 Å². The molecule has 3 rings (SSSR count). The molecule has 0 bridgehead atoms. The third-order valence-electron chi connectivity index (χ3n) is 6.00. The zero-order valence-corrected chi connectivity index (χ0v) is 19.3. The molecule has 0 aliphatic heterocycles. The Balaban J connectivity index is 1.43. The fourth-order valence-corrected chi connectivity index (χ4v) is 4.24. The van der Waals surface area contributed by atoms with Crippen LogP contribution in [0.2, 0.25) is 0 Å². The summed E-state index contributed by atoms with van der Waals surface area (Å²) in [6.45, 7) is 5.60. The molecule has 7 heteroatoms. The van der Waals surface area contributed by atoms with Gasteiger partial charge in [-0.15, -0.1) is 0 Å². The van der Waals surface area contributed by atoms with Crippen LogP contribution in [0.3, 0.4) is 0 Å². The molecule has 0 fully saturated rings. The zero-order chi connectivity index (χ0) is 24.0. The van der Waals surface area contributed by atoms with Crippen molar-refractivity contribution in [3.05, 3.63) is 59.7 Å². The molecular weight excluding hydrogens is 420 g/mol. The summed E-state index contributed by atoms with van der Waals surface area (Å²) >= 11 is 0. The van der Waals surface area contributed by atoms with E-state index in [1.54, 1.807) is 13.8 Å². The number of hydrogen-bond donors (Lipinski definition) is 3. The van der Waals surface area contributed by atoms with E-state index in [-0.39, 0.29) is 36.8 Å². The monoisotopic (exact) mass is 452 g/mol. The van der Waals surface area contributed by atoms with Gasteiger partial charge in [0.05, 0.1) is 0 Å². The molecule has 7 nitrogen and oxygen atoms in total. The summed E-state index contributed by atoms with van der Waals surface area (Å²) < 4.78 is 5.55. The molecule has 2 amide bonds. The van der Waals surface area contributed by atoms with Crippen molar-refractivity contribution in [1.82, 2.24) is 10.6 Å². The van der Waals surface area contributed by atoms with Gasteiger partial charge < -0.3 is 20.5 Å². The average molecular weight is 453 g/mol. The molecule has 3 N–H and O–H groups in total. The summed E-state index contributed by atoms with van der Waals surface area (Å²) in [5.41, 5.74) is 4.67. The van der Waals surface area contributed by atoms with Gasteiger partial charge in [0.1, 0.15) is 12.6 Å². The van der Waals surface area contributed by atoms with E-state index in [0.29, 0.717) is 12.8 Å². The smallest absolute Gasteiger partial charge is 0.407 e. The number of fused-ring (bicyclic) bond motifs is 3. The molecule has 2 atom stereocenters. The molecule has 33 heavy (non-hydrogen) atoms. The minimum atomic E-state index is -1.04. The SMILES string of the molecule is CC(CCCC(=O)N[C@@H](C(=O)O)C(C)C)NC(=O)OCC1c2ccccc2-c2ccccc21. The first kappa shape index (κ1) is 24.3. The van der Waals surface area contributed by atoms with Crippen molar-refractivity contribution in [3.63, 3.8) is 0 Å². The molecule has 176 valence electrons. The highest BCUT2D eigenvalue weighted by Gasteiger charge is 2.29. The highest BCUT2D eigenvalue weighted by molar-refractivity contribution is 5.83. The van der Waals surface area contributed by atoms with Crippen LogP contribution in [0.4, 0.5) is 4.79 Å². The van der Waals surface area contributed by atoms with Crippen LogP contribution in [0.15, 0.2) is 48.5 Å². The summed E-state index contributed by atoms with van der Waals surface area (Å²) in [4.78, 5) is 35.6. The quantitative estimate of drug-likeness (QED) is 0.498. The molecule has 0 radical (unpaired) electrons. The third kappa shape index (κ3) is 6.12. The Morgan fingerprint density at radius 3 is 2.06 bits per heavy atom. The Bertz CT molecular complexity index is 958. The fourth-order valence-electron chi connectivity index (χ4n) is 4.24. The number of carbonyl (C=O) groups is 3. The number of nitrogens with one attached hydrogen (secondary N) is 2. The number of amides is 2. The summed E-state index contributed by atoms with van der Waals surface area (Å²) in [5, 5.41) is 14.5. The standard InChI is InChI=1S/C26H32N2O5/c1-16(2)24(25(30)31)28-23(29)14-8-9-17(3)27-26(32)33-15-22-20-12-6-4-10-18(20)19-11-5-7-13-21(19)22/h4-7,10-13,16-17,22,24H,8-9,14-15H2,1-3H3,(H,27,32)(H,28,29)(H,30,31)/t17?,24-/m1/s1. The molecule has 0 heterocycles. The second kappa shape index (κ2) is 11.0. The van der Waals surface area contributed by atoms with Crippen LogP contribution in [0.1, 0.15) is 57.1 Å². The van der Waals surface area contributed by atoms with Gasteiger partial charge in [-0.2, -0.15) is 0 Å². The van der Waals surface area contributed by atoms with Gasteiger partial charge in [-0.3, -0.25) is 4.79 Å². The van der Waals surface area contributed by atoms with Crippen molar-refractivity contribution in [3.8, 4) is 11.1 Å². The molecule has 0 saturated heterocycles. The van der Waals surface area contributed by atoms with Gasteiger partial charge in [-0.1, -0.05) is 62.4 Å². The van der Waals surface area contributed by atoms with E-state index in [2.05, 4.69) is 34.9 Å². The molecule has 1 aliphatic carbocycles. The molecule has 2 aromatic rings. The lowest BCUT2D eigenvalue weighted by Crippen LogP contribution is -2.44. The second-order valence-corrected chi connectivity index (χ2v) is 8.89. The topological polar surface area (TPSA) is 105 Å². The van der Waals surface area contributed by atoms with E-state index in [1.807, 2.05) is 31.2 Å². The van der Waals surface area contributed by atoms with Crippen molar-refractivity contribution in [2.24, 2.45) is 5.92 Å². The van der Waals surface area contributed by atoms with Crippen molar-refractivity contribution < 1.29 is 24.2 Å². The molecule has 0 spiro atoms. The largest absolute Gasteiger partial charge is 0.480 e. The lowest BCUT2D eigenvalue weighted by Gasteiger charge is -2.19. The number of carboxylic acids is 1. The van der Waals surface area contributed by atoms with E-state index in [1.165, 1.54) is 11.1 Å². The van der Waals surface area contributed by atoms with Crippen molar-refractivity contribution in [2.75, 3.05) is 6.61 Å². The van der Waals surface area contributed by atoms with Crippen LogP contribution in [-0.2, 0) is 14.3 Å². The van der Waals surface area contributed by atoms with Crippen molar-refractivity contribution in [1.29, 1.82) is 0 Å². The minimum absolute atomic E-state index is 0.00490. The van der Waals surface area contributed by atoms with E-state index in [9.17, 15) is 14.4 Å².